The standard InChI is InChI=1S/C21H21N3O4S3/c1-23-16-11-6-7-12-17(16)29-20(23)18-19(25)24(13-8-14-28-2)21(30-18)22-31(26,27)15-9-4-3-5-10-15/h3-7,9-12H,8,13-14H2,1-2H3/b20-18+,22-21-. The van der Waals surface area contributed by atoms with Crippen molar-refractivity contribution < 1.29 is 17.9 Å². The van der Waals surface area contributed by atoms with E-state index >= 15 is 0 Å². The van der Waals surface area contributed by atoms with Crippen LogP contribution < -0.4 is 4.90 Å². The number of ether oxygens (including phenoxy) is 1. The van der Waals surface area contributed by atoms with Gasteiger partial charge in [0.25, 0.3) is 15.9 Å². The number of methoxy groups -OCH3 is 1. The number of hydrogen-bond acceptors (Lipinski definition) is 7. The van der Waals surface area contributed by atoms with Gasteiger partial charge in [-0.25, -0.2) is 0 Å². The van der Waals surface area contributed by atoms with Crippen molar-refractivity contribution in [2.45, 2.75) is 16.2 Å². The quantitative estimate of drug-likeness (QED) is 0.465. The number of thioether (sulfide) groups is 2. The maximum Gasteiger partial charge on any atom is 0.284 e. The van der Waals surface area contributed by atoms with Gasteiger partial charge < -0.3 is 9.64 Å². The van der Waals surface area contributed by atoms with E-state index < -0.39 is 10.0 Å². The lowest BCUT2D eigenvalue weighted by Crippen LogP contribution is -2.31. The molecule has 2 aromatic carbocycles. The summed E-state index contributed by atoms with van der Waals surface area (Å²) in [5, 5.41) is 0.938. The van der Waals surface area contributed by atoms with Gasteiger partial charge in [-0.1, -0.05) is 42.1 Å². The highest BCUT2D eigenvalue weighted by Crippen LogP contribution is 2.49. The van der Waals surface area contributed by atoms with E-state index in [1.165, 1.54) is 28.8 Å². The van der Waals surface area contributed by atoms with Crippen molar-refractivity contribution in [1.29, 1.82) is 0 Å². The summed E-state index contributed by atoms with van der Waals surface area (Å²) < 4.78 is 34.8. The van der Waals surface area contributed by atoms with Crippen molar-refractivity contribution in [3.05, 3.63) is 64.5 Å². The van der Waals surface area contributed by atoms with Crippen LogP contribution >= 0.6 is 23.5 Å². The van der Waals surface area contributed by atoms with Gasteiger partial charge in [0, 0.05) is 32.2 Å². The van der Waals surface area contributed by atoms with E-state index in [-0.39, 0.29) is 16.0 Å². The Balaban J connectivity index is 1.72. The Bertz CT molecular complexity index is 1160. The number of fused-ring (bicyclic) bond motifs is 1. The first kappa shape index (κ1) is 21.9. The number of nitrogens with zero attached hydrogens (tertiary/aromatic N) is 3. The van der Waals surface area contributed by atoms with Crippen LogP contribution in [-0.4, -0.2) is 51.7 Å². The SMILES string of the molecule is COCCCN1C(=O)/C(=C2\Sc3ccccc3N2C)S/C1=N\S(=O)(=O)c1ccccc1. The average Bonchev–Trinajstić information content (AvgIpc) is 3.26. The van der Waals surface area contributed by atoms with Gasteiger partial charge in [0.15, 0.2) is 5.17 Å². The third-order valence-corrected chi connectivity index (χ3v) is 8.59. The third kappa shape index (κ3) is 4.38. The molecule has 0 atom stereocenters. The third-order valence-electron chi connectivity index (χ3n) is 4.77. The molecule has 31 heavy (non-hydrogen) atoms. The molecule has 2 aliphatic heterocycles. The Morgan fingerprint density at radius 2 is 1.74 bits per heavy atom. The molecule has 0 aromatic heterocycles. The molecule has 0 radical (unpaired) electrons. The van der Waals surface area contributed by atoms with Crippen LogP contribution in [0, 0.1) is 0 Å². The first-order valence-electron chi connectivity index (χ1n) is 9.56. The lowest BCUT2D eigenvalue weighted by atomic mass is 10.3. The zero-order valence-electron chi connectivity index (χ0n) is 17.0. The van der Waals surface area contributed by atoms with Gasteiger partial charge in [-0.05, 0) is 42.4 Å². The smallest absolute Gasteiger partial charge is 0.284 e. The van der Waals surface area contributed by atoms with Crippen LogP contribution in [0.1, 0.15) is 6.42 Å². The topological polar surface area (TPSA) is 79.3 Å². The predicted octanol–water partition coefficient (Wildman–Crippen LogP) is 3.75. The molecule has 0 spiro atoms. The lowest BCUT2D eigenvalue weighted by molar-refractivity contribution is -0.122. The number of hydrogen-bond donors (Lipinski definition) is 0. The Morgan fingerprint density at radius 1 is 1.03 bits per heavy atom. The number of amides is 1. The number of carbonyl (C=O) groups is 1. The molecule has 162 valence electrons. The Hall–Kier alpha value is -2.27. The molecule has 0 bridgehead atoms. The molecule has 1 saturated heterocycles. The Morgan fingerprint density at radius 3 is 2.45 bits per heavy atom. The summed E-state index contributed by atoms with van der Waals surface area (Å²) in [5.41, 5.74) is 1.01. The number of para-hydroxylation sites is 1. The minimum absolute atomic E-state index is 0.0910. The predicted molar refractivity (Wildman–Crippen MR) is 125 cm³/mol. The first-order chi connectivity index (χ1) is 14.9. The summed E-state index contributed by atoms with van der Waals surface area (Å²) in [7, 11) is -0.455. The molecule has 0 unspecified atom stereocenters. The number of sulfonamides is 1. The highest BCUT2D eigenvalue weighted by molar-refractivity contribution is 8.19. The fourth-order valence-corrected chi connectivity index (χ4v) is 6.79. The molecule has 2 heterocycles. The minimum Gasteiger partial charge on any atom is -0.385 e. The summed E-state index contributed by atoms with van der Waals surface area (Å²) in [6.07, 6.45) is 0.568. The van der Waals surface area contributed by atoms with Gasteiger partial charge in [0.05, 0.1) is 15.6 Å². The van der Waals surface area contributed by atoms with Gasteiger partial charge in [-0.2, -0.15) is 8.42 Å². The zero-order chi connectivity index (χ0) is 22.0. The molecule has 2 aromatic rings. The van der Waals surface area contributed by atoms with Crippen LogP contribution in [0.2, 0.25) is 0 Å². The van der Waals surface area contributed by atoms with Crippen molar-refractivity contribution in [2.75, 3.05) is 32.2 Å². The molecule has 0 aliphatic carbocycles. The van der Waals surface area contributed by atoms with E-state index in [2.05, 4.69) is 4.40 Å². The normalized spacial score (nSPS) is 20.1. The molecular formula is C21H21N3O4S3. The highest BCUT2D eigenvalue weighted by Gasteiger charge is 2.39. The summed E-state index contributed by atoms with van der Waals surface area (Å²) >= 11 is 2.60. The van der Waals surface area contributed by atoms with Gasteiger partial charge in [-0.15, -0.1) is 4.40 Å². The summed E-state index contributed by atoms with van der Waals surface area (Å²) in [6.45, 7) is 0.778. The molecule has 1 fully saturated rings. The van der Waals surface area contributed by atoms with E-state index in [0.29, 0.717) is 24.5 Å². The van der Waals surface area contributed by atoms with E-state index in [0.717, 1.165) is 27.4 Å². The van der Waals surface area contributed by atoms with Crippen molar-refractivity contribution in [2.24, 2.45) is 4.40 Å². The zero-order valence-corrected chi connectivity index (χ0v) is 19.5. The van der Waals surface area contributed by atoms with Gasteiger partial charge in [-0.3, -0.25) is 9.69 Å². The second-order valence-corrected chi connectivity index (χ2v) is 10.4. The number of benzene rings is 2. The van der Waals surface area contributed by atoms with Gasteiger partial charge >= 0.3 is 0 Å². The van der Waals surface area contributed by atoms with E-state index in [1.807, 2.05) is 36.2 Å². The van der Waals surface area contributed by atoms with Crippen molar-refractivity contribution in [3.8, 4) is 0 Å². The van der Waals surface area contributed by atoms with E-state index in [9.17, 15) is 13.2 Å². The van der Waals surface area contributed by atoms with E-state index in [4.69, 9.17) is 4.74 Å². The molecule has 10 heteroatoms. The van der Waals surface area contributed by atoms with Crippen molar-refractivity contribution >= 4 is 50.3 Å². The largest absolute Gasteiger partial charge is 0.385 e. The molecule has 2 aliphatic rings. The molecule has 7 nitrogen and oxygen atoms in total. The van der Waals surface area contributed by atoms with Crippen LogP contribution in [0.4, 0.5) is 5.69 Å². The second-order valence-electron chi connectivity index (χ2n) is 6.83. The average molecular weight is 476 g/mol. The maximum absolute atomic E-state index is 13.3. The maximum atomic E-state index is 13.3. The Kier molecular flexibility index (Phi) is 6.42. The van der Waals surface area contributed by atoms with Gasteiger partial charge in [0.1, 0.15) is 4.91 Å². The summed E-state index contributed by atoms with van der Waals surface area (Å²) in [4.78, 5) is 18.3. The molecular weight excluding hydrogens is 454 g/mol. The fraction of sp³-hybridized carbons (Fsp3) is 0.238. The van der Waals surface area contributed by atoms with Crippen LogP contribution in [-0.2, 0) is 19.6 Å². The van der Waals surface area contributed by atoms with Crippen LogP contribution in [0.15, 0.2) is 78.7 Å². The highest BCUT2D eigenvalue weighted by atomic mass is 32.2. The van der Waals surface area contributed by atoms with Crippen LogP contribution in [0.3, 0.4) is 0 Å². The summed E-state index contributed by atoms with van der Waals surface area (Å²) in [6, 6.07) is 15.9. The monoisotopic (exact) mass is 475 g/mol. The lowest BCUT2D eigenvalue weighted by Gasteiger charge is -2.16. The number of rotatable bonds is 6. The number of anilines is 1. The van der Waals surface area contributed by atoms with Crippen LogP contribution in [0.5, 0.6) is 0 Å². The first-order valence-corrected chi connectivity index (χ1v) is 12.6. The number of amidine groups is 1. The summed E-state index contributed by atoms with van der Waals surface area (Å²) in [5.74, 6) is -0.245. The van der Waals surface area contributed by atoms with E-state index in [1.54, 1.807) is 25.3 Å². The molecule has 0 N–H and O–H groups in total. The second kappa shape index (κ2) is 9.07. The van der Waals surface area contributed by atoms with Crippen molar-refractivity contribution in [1.82, 2.24) is 4.90 Å². The van der Waals surface area contributed by atoms with Crippen LogP contribution in [0.25, 0.3) is 0 Å². The fourth-order valence-electron chi connectivity index (χ4n) is 3.22. The van der Waals surface area contributed by atoms with Gasteiger partial charge in [0.2, 0.25) is 0 Å². The molecule has 1 amide bonds. The van der Waals surface area contributed by atoms with Crippen molar-refractivity contribution in [3.63, 3.8) is 0 Å². The minimum atomic E-state index is -3.95. The Labute approximate surface area is 190 Å². The number of carbonyl (C=O) groups excluding carboxylic acids is 1. The molecule has 0 saturated carbocycles. The molecule has 4 rings (SSSR count).